The van der Waals surface area contributed by atoms with Gasteiger partial charge in [0.2, 0.25) is 0 Å². The Balaban J connectivity index is 1.95. The fourth-order valence-electron chi connectivity index (χ4n) is 2.07. The van der Waals surface area contributed by atoms with Crippen molar-refractivity contribution in [3.8, 4) is 5.75 Å². The van der Waals surface area contributed by atoms with Crippen molar-refractivity contribution in [1.82, 2.24) is 5.32 Å². The van der Waals surface area contributed by atoms with Crippen molar-refractivity contribution < 1.29 is 14.3 Å². The maximum Gasteiger partial charge on any atom is 0.319 e. The molecule has 0 atom stereocenters. The number of carbonyl (C=O) groups excluding carboxylic acids is 1. The van der Waals surface area contributed by atoms with E-state index in [2.05, 4.69) is 10.6 Å². The van der Waals surface area contributed by atoms with Crippen LogP contribution in [0.1, 0.15) is 16.7 Å². The van der Waals surface area contributed by atoms with Gasteiger partial charge in [0.15, 0.2) is 0 Å². The topological polar surface area (TPSA) is 61.4 Å². The van der Waals surface area contributed by atoms with Gasteiger partial charge in [-0.3, -0.25) is 0 Å². The smallest absolute Gasteiger partial charge is 0.319 e. The normalized spacial score (nSPS) is 10.2. The molecule has 0 unspecified atom stereocenters. The molecule has 110 valence electrons. The molecule has 0 heterocycles. The van der Waals surface area contributed by atoms with Crippen LogP contribution >= 0.6 is 0 Å². The third kappa shape index (κ3) is 3.95. The number of nitrogens with one attached hydrogen (secondary N) is 2. The quantitative estimate of drug-likeness (QED) is 0.810. The van der Waals surface area contributed by atoms with E-state index in [1.807, 2.05) is 12.1 Å². The second-order valence-electron chi connectivity index (χ2n) is 4.90. The summed E-state index contributed by atoms with van der Waals surface area (Å²) in [4.78, 5) is 11.7. The summed E-state index contributed by atoms with van der Waals surface area (Å²) < 4.78 is 13.0. The molecule has 0 radical (unpaired) electrons. The summed E-state index contributed by atoms with van der Waals surface area (Å²) in [6.07, 6.45) is 0. The monoisotopic (exact) mass is 288 g/mol. The first kappa shape index (κ1) is 14.8. The van der Waals surface area contributed by atoms with Crippen molar-refractivity contribution >= 4 is 11.7 Å². The second-order valence-corrected chi connectivity index (χ2v) is 4.90. The summed E-state index contributed by atoms with van der Waals surface area (Å²) in [5.41, 5.74) is 2.80. The zero-order valence-electron chi connectivity index (χ0n) is 11.9. The van der Waals surface area contributed by atoms with E-state index in [-0.39, 0.29) is 5.75 Å². The van der Waals surface area contributed by atoms with Gasteiger partial charge in [0.25, 0.3) is 0 Å². The Morgan fingerprint density at radius 2 is 1.86 bits per heavy atom. The molecule has 2 amide bonds. The van der Waals surface area contributed by atoms with Gasteiger partial charge in [0.1, 0.15) is 11.6 Å². The number of phenolic OH excluding ortho intramolecular Hbond substituents is 1. The van der Waals surface area contributed by atoms with Crippen molar-refractivity contribution in [3.05, 3.63) is 58.9 Å². The number of halogens is 1. The Bertz CT molecular complexity index is 648. The molecule has 0 spiro atoms. The number of anilines is 1. The van der Waals surface area contributed by atoms with E-state index in [0.717, 1.165) is 16.7 Å². The number of phenols is 1. The third-order valence-corrected chi connectivity index (χ3v) is 3.09. The van der Waals surface area contributed by atoms with Gasteiger partial charge in [0, 0.05) is 12.2 Å². The lowest BCUT2D eigenvalue weighted by molar-refractivity contribution is 0.251. The number of rotatable bonds is 3. The Morgan fingerprint density at radius 1 is 1.19 bits per heavy atom. The zero-order valence-corrected chi connectivity index (χ0v) is 11.9. The molecule has 2 aromatic carbocycles. The summed E-state index contributed by atoms with van der Waals surface area (Å²) >= 11 is 0. The molecule has 5 heteroatoms. The minimum Gasteiger partial charge on any atom is -0.507 e. The van der Waals surface area contributed by atoms with Crippen LogP contribution in [0.25, 0.3) is 0 Å². The Kier molecular flexibility index (Phi) is 4.42. The minimum atomic E-state index is -0.413. The van der Waals surface area contributed by atoms with Gasteiger partial charge in [-0.25, -0.2) is 9.18 Å². The molecule has 21 heavy (non-hydrogen) atoms. The molecule has 0 aliphatic heterocycles. The number of aromatic hydroxyl groups is 1. The molecule has 0 saturated carbocycles. The van der Waals surface area contributed by atoms with E-state index in [1.54, 1.807) is 19.9 Å². The molecule has 0 bridgehead atoms. The first-order valence-corrected chi connectivity index (χ1v) is 6.55. The average Bonchev–Trinajstić information content (AvgIpc) is 2.42. The Hall–Kier alpha value is -2.56. The van der Waals surface area contributed by atoms with Gasteiger partial charge in [0.05, 0.1) is 0 Å². The predicted molar refractivity (Wildman–Crippen MR) is 79.8 cm³/mol. The minimum absolute atomic E-state index is 0.267. The number of urea groups is 1. The number of amides is 2. The summed E-state index contributed by atoms with van der Waals surface area (Å²) in [6, 6.07) is 8.90. The molecule has 4 nitrogen and oxygen atoms in total. The van der Waals surface area contributed by atoms with E-state index < -0.39 is 11.8 Å². The molecular formula is C16H17FN2O2. The number of carbonyl (C=O) groups is 1. The lowest BCUT2D eigenvalue weighted by Crippen LogP contribution is -2.28. The highest BCUT2D eigenvalue weighted by atomic mass is 19.1. The standard InChI is InChI=1S/C16H17FN2O2/c1-10-6-12(7-11(2)15(10)20)9-18-16(21)19-14-5-3-4-13(17)8-14/h3-8,20H,9H2,1-2H3,(H2,18,19,21). The molecule has 0 saturated heterocycles. The lowest BCUT2D eigenvalue weighted by atomic mass is 10.1. The zero-order chi connectivity index (χ0) is 15.4. The second kappa shape index (κ2) is 6.26. The van der Waals surface area contributed by atoms with Crippen LogP contribution in [0.3, 0.4) is 0 Å². The van der Waals surface area contributed by atoms with Crippen LogP contribution < -0.4 is 10.6 Å². The largest absolute Gasteiger partial charge is 0.507 e. The first-order valence-electron chi connectivity index (χ1n) is 6.55. The molecule has 0 aliphatic carbocycles. The van der Waals surface area contributed by atoms with Crippen LogP contribution in [-0.2, 0) is 6.54 Å². The molecule has 3 N–H and O–H groups in total. The highest BCUT2D eigenvalue weighted by molar-refractivity contribution is 5.89. The van der Waals surface area contributed by atoms with Gasteiger partial charge in [-0.05, 0) is 48.7 Å². The van der Waals surface area contributed by atoms with Crippen molar-refractivity contribution in [1.29, 1.82) is 0 Å². The van der Waals surface area contributed by atoms with E-state index in [1.165, 1.54) is 18.2 Å². The fourth-order valence-corrected chi connectivity index (χ4v) is 2.07. The van der Waals surface area contributed by atoms with Gasteiger partial charge in [-0.2, -0.15) is 0 Å². The molecule has 0 fully saturated rings. The van der Waals surface area contributed by atoms with Crippen molar-refractivity contribution in [2.45, 2.75) is 20.4 Å². The molecule has 0 aliphatic rings. The SMILES string of the molecule is Cc1cc(CNC(=O)Nc2cccc(F)c2)cc(C)c1O. The fraction of sp³-hybridized carbons (Fsp3) is 0.188. The van der Waals surface area contributed by atoms with E-state index in [0.29, 0.717) is 12.2 Å². The van der Waals surface area contributed by atoms with Gasteiger partial charge >= 0.3 is 6.03 Å². The van der Waals surface area contributed by atoms with Gasteiger partial charge in [-0.1, -0.05) is 18.2 Å². The van der Waals surface area contributed by atoms with Crippen LogP contribution in [0.2, 0.25) is 0 Å². The molecule has 2 aromatic rings. The maximum absolute atomic E-state index is 13.0. The van der Waals surface area contributed by atoms with Gasteiger partial charge < -0.3 is 15.7 Å². The van der Waals surface area contributed by atoms with Crippen LogP contribution in [0.15, 0.2) is 36.4 Å². The van der Waals surface area contributed by atoms with Crippen molar-refractivity contribution in [2.24, 2.45) is 0 Å². The average molecular weight is 288 g/mol. The van der Waals surface area contributed by atoms with E-state index in [4.69, 9.17) is 0 Å². The van der Waals surface area contributed by atoms with Crippen molar-refractivity contribution in [3.63, 3.8) is 0 Å². The third-order valence-electron chi connectivity index (χ3n) is 3.09. The lowest BCUT2D eigenvalue weighted by Gasteiger charge is -2.10. The maximum atomic E-state index is 13.0. The van der Waals surface area contributed by atoms with Crippen LogP contribution in [0.4, 0.5) is 14.9 Å². The predicted octanol–water partition coefficient (Wildman–Crippen LogP) is 3.47. The van der Waals surface area contributed by atoms with Crippen molar-refractivity contribution in [2.75, 3.05) is 5.32 Å². The molecule has 0 aromatic heterocycles. The van der Waals surface area contributed by atoms with E-state index in [9.17, 15) is 14.3 Å². The number of hydrogen-bond donors (Lipinski definition) is 3. The summed E-state index contributed by atoms with van der Waals surface area (Å²) in [5.74, 6) is -0.138. The Morgan fingerprint density at radius 3 is 2.48 bits per heavy atom. The molecular weight excluding hydrogens is 271 g/mol. The molecule has 2 rings (SSSR count). The Labute approximate surface area is 122 Å². The number of aryl methyl sites for hydroxylation is 2. The summed E-state index contributed by atoms with van der Waals surface area (Å²) in [5, 5.41) is 14.9. The highest BCUT2D eigenvalue weighted by Gasteiger charge is 2.06. The van der Waals surface area contributed by atoms with Crippen LogP contribution in [0.5, 0.6) is 5.75 Å². The highest BCUT2D eigenvalue weighted by Crippen LogP contribution is 2.22. The summed E-state index contributed by atoms with van der Waals surface area (Å²) in [6.45, 7) is 3.93. The van der Waals surface area contributed by atoms with Crippen LogP contribution in [-0.4, -0.2) is 11.1 Å². The number of hydrogen-bond acceptors (Lipinski definition) is 2. The number of benzene rings is 2. The van der Waals surface area contributed by atoms with Gasteiger partial charge in [-0.15, -0.1) is 0 Å². The summed E-state index contributed by atoms with van der Waals surface area (Å²) in [7, 11) is 0. The van der Waals surface area contributed by atoms with Crippen LogP contribution in [0, 0.1) is 19.7 Å². The first-order chi connectivity index (χ1) is 9.95. The van der Waals surface area contributed by atoms with E-state index >= 15 is 0 Å².